The summed E-state index contributed by atoms with van der Waals surface area (Å²) in [4.78, 5) is 4.39. The Morgan fingerprint density at radius 2 is 1.80 bits per heavy atom. The number of hydrogen-bond acceptors (Lipinski definition) is 4. The highest BCUT2D eigenvalue weighted by Crippen LogP contribution is 2.29. The second kappa shape index (κ2) is 5.53. The molecule has 0 bridgehead atoms. The molecule has 0 atom stereocenters. The van der Waals surface area contributed by atoms with Crippen LogP contribution in [0, 0.1) is 5.82 Å². The van der Waals surface area contributed by atoms with Gasteiger partial charge in [-0.25, -0.2) is 10.3 Å². The van der Waals surface area contributed by atoms with Crippen LogP contribution in [0.3, 0.4) is 0 Å². The van der Waals surface area contributed by atoms with Crippen molar-refractivity contribution in [3.8, 4) is 11.5 Å². The van der Waals surface area contributed by atoms with E-state index in [4.69, 9.17) is 15.4 Å². The van der Waals surface area contributed by atoms with Crippen molar-refractivity contribution in [1.29, 1.82) is 0 Å². The Kier molecular flexibility index (Phi) is 4.33. The number of benzene rings is 1. The Labute approximate surface area is 87.7 Å². The van der Waals surface area contributed by atoms with Crippen molar-refractivity contribution in [2.75, 3.05) is 20.8 Å². The number of hydrogen-bond donors (Lipinski definition) is 1. The summed E-state index contributed by atoms with van der Waals surface area (Å²) in [5, 5.41) is 0. The van der Waals surface area contributed by atoms with Crippen molar-refractivity contribution < 1.29 is 18.7 Å². The Bertz CT molecular complexity index is 331. The molecular formula is C10H14FNO3. The van der Waals surface area contributed by atoms with Gasteiger partial charge < -0.3 is 14.3 Å². The molecule has 1 aromatic rings. The molecule has 0 saturated carbocycles. The number of ether oxygens (including phenoxy) is 2. The molecule has 1 aromatic carbocycles. The topological polar surface area (TPSA) is 53.7 Å². The van der Waals surface area contributed by atoms with Gasteiger partial charge in [0.15, 0.2) is 11.5 Å². The monoisotopic (exact) mass is 215 g/mol. The number of methoxy groups -OCH3 is 2. The van der Waals surface area contributed by atoms with Crippen molar-refractivity contribution in [1.82, 2.24) is 0 Å². The highest BCUT2D eigenvalue weighted by Gasteiger charge is 2.10. The minimum absolute atomic E-state index is 0.256. The van der Waals surface area contributed by atoms with Crippen LogP contribution >= 0.6 is 0 Å². The summed E-state index contributed by atoms with van der Waals surface area (Å²) in [6, 6.07) is 2.86. The molecule has 0 aliphatic heterocycles. The van der Waals surface area contributed by atoms with Crippen LogP contribution in [-0.4, -0.2) is 20.8 Å². The van der Waals surface area contributed by atoms with Crippen LogP contribution in [0.2, 0.25) is 0 Å². The summed E-state index contributed by atoms with van der Waals surface area (Å²) in [7, 11) is 2.96. The third kappa shape index (κ3) is 2.81. The van der Waals surface area contributed by atoms with Crippen molar-refractivity contribution in [3.05, 3.63) is 23.5 Å². The van der Waals surface area contributed by atoms with E-state index < -0.39 is 0 Å². The predicted molar refractivity (Wildman–Crippen MR) is 53.3 cm³/mol. The molecule has 0 heterocycles. The summed E-state index contributed by atoms with van der Waals surface area (Å²) >= 11 is 0. The smallest absolute Gasteiger partial charge is 0.163 e. The maximum Gasteiger partial charge on any atom is 0.163 e. The standard InChI is InChI=1S/C10H14FNO3/c1-13-9-5-7(3-4-15-12)8(11)6-10(9)14-2/h5-6H,3-4,12H2,1-2H3. The van der Waals surface area contributed by atoms with Crippen LogP contribution in [-0.2, 0) is 11.3 Å². The molecule has 0 unspecified atom stereocenters. The lowest BCUT2D eigenvalue weighted by Gasteiger charge is -2.10. The third-order valence-electron chi connectivity index (χ3n) is 2.04. The van der Waals surface area contributed by atoms with Crippen LogP contribution in [0.25, 0.3) is 0 Å². The molecule has 0 aliphatic carbocycles. The summed E-state index contributed by atoms with van der Waals surface area (Å²) < 4.78 is 23.4. The van der Waals surface area contributed by atoms with Gasteiger partial charge in [0.2, 0.25) is 0 Å². The number of nitrogens with two attached hydrogens (primary N) is 1. The molecule has 2 N–H and O–H groups in total. The van der Waals surface area contributed by atoms with Gasteiger partial charge in [0.05, 0.1) is 20.8 Å². The molecular weight excluding hydrogens is 201 g/mol. The molecule has 1 rings (SSSR count). The first-order chi connectivity index (χ1) is 7.22. The van der Waals surface area contributed by atoms with Gasteiger partial charge in [-0.05, 0) is 11.6 Å². The quantitative estimate of drug-likeness (QED) is 0.752. The first-order valence-electron chi connectivity index (χ1n) is 4.45. The van der Waals surface area contributed by atoms with E-state index in [1.54, 1.807) is 6.07 Å². The van der Waals surface area contributed by atoms with Gasteiger partial charge in [-0.15, -0.1) is 0 Å². The highest BCUT2D eigenvalue weighted by molar-refractivity contribution is 5.43. The molecule has 0 aliphatic rings. The maximum atomic E-state index is 13.4. The first-order valence-corrected chi connectivity index (χ1v) is 4.45. The molecule has 4 nitrogen and oxygen atoms in total. The van der Waals surface area contributed by atoms with Crippen LogP contribution in [0.4, 0.5) is 4.39 Å². The van der Waals surface area contributed by atoms with E-state index in [0.717, 1.165) is 0 Å². The highest BCUT2D eigenvalue weighted by atomic mass is 19.1. The van der Waals surface area contributed by atoms with Gasteiger partial charge in [-0.2, -0.15) is 0 Å². The van der Waals surface area contributed by atoms with Gasteiger partial charge in [0.25, 0.3) is 0 Å². The minimum Gasteiger partial charge on any atom is -0.493 e. The zero-order valence-corrected chi connectivity index (χ0v) is 8.75. The van der Waals surface area contributed by atoms with Gasteiger partial charge in [-0.3, -0.25) is 0 Å². The van der Waals surface area contributed by atoms with Gasteiger partial charge in [-0.1, -0.05) is 0 Å². The Morgan fingerprint density at radius 1 is 1.20 bits per heavy atom. The minimum atomic E-state index is -0.357. The summed E-state index contributed by atoms with van der Waals surface area (Å²) in [5.41, 5.74) is 0.484. The zero-order chi connectivity index (χ0) is 11.3. The van der Waals surface area contributed by atoms with E-state index in [1.807, 2.05) is 0 Å². The normalized spacial score (nSPS) is 10.1. The molecule has 0 saturated heterocycles. The van der Waals surface area contributed by atoms with Gasteiger partial charge in [0, 0.05) is 12.5 Å². The largest absolute Gasteiger partial charge is 0.493 e. The molecule has 0 aromatic heterocycles. The zero-order valence-electron chi connectivity index (χ0n) is 8.75. The van der Waals surface area contributed by atoms with Gasteiger partial charge in [0.1, 0.15) is 5.82 Å². The summed E-state index contributed by atoms with van der Waals surface area (Å²) in [6.45, 7) is 0.256. The fraction of sp³-hybridized carbons (Fsp3) is 0.400. The molecule has 5 heteroatoms. The van der Waals surface area contributed by atoms with E-state index in [-0.39, 0.29) is 12.4 Å². The van der Waals surface area contributed by atoms with E-state index in [2.05, 4.69) is 4.84 Å². The van der Waals surface area contributed by atoms with Crippen molar-refractivity contribution in [2.45, 2.75) is 6.42 Å². The van der Waals surface area contributed by atoms with Crippen molar-refractivity contribution >= 4 is 0 Å². The average Bonchev–Trinajstić information content (AvgIpc) is 2.27. The Hall–Kier alpha value is -1.33. The first kappa shape index (κ1) is 11.7. The van der Waals surface area contributed by atoms with Crippen LogP contribution in [0.5, 0.6) is 11.5 Å². The lowest BCUT2D eigenvalue weighted by molar-refractivity contribution is 0.140. The maximum absolute atomic E-state index is 13.4. The lowest BCUT2D eigenvalue weighted by atomic mass is 10.1. The Morgan fingerprint density at radius 3 is 2.33 bits per heavy atom. The summed E-state index contributed by atoms with van der Waals surface area (Å²) in [6.07, 6.45) is 0.392. The molecule has 0 amide bonds. The van der Waals surface area contributed by atoms with Crippen LogP contribution < -0.4 is 15.4 Å². The van der Waals surface area contributed by atoms with Crippen LogP contribution in [0.1, 0.15) is 5.56 Å². The second-order valence-corrected chi connectivity index (χ2v) is 2.92. The molecule has 15 heavy (non-hydrogen) atoms. The average molecular weight is 215 g/mol. The lowest BCUT2D eigenvalue weighted by Crippen LogP contribution is -2.05. The number of halogens is 1. The van der Waals surface area contributed by atoms with E-state index in [0.29, 0.717) is 23.5 Å². The molecule has 0 spiro atoms. The predicted octanol–water partition coefficient (Wildman–Crippen LogP) is 1.28. The molecule has 84 valence electrons. The van der Waals surface area contributed by atoms with Gasteiger partial charge >= 0.3 is 0 Å². The van der Waals surface area contributed by atoms with Crippen molar-refractivity contribution in [3.63, 3.8) is 0 Å². The SMILES string of the molecule is COc1cc(F)c(CCON)cc1OC. The fourth-order valence-corrected chi connectivity index (χ4v) is 1.26. The van der Waals surface area contributed by atoms with Crippen LogP contribution in [0.15, 0.2) is 12.1 Å². The van der Waals surface area contributed by atoms with Crippen molar-refractivity contribution in [2.24, 2.45) is 5.90 Å². The molecule has 0 radical (unpaired) electrons. The molecule has 0 fully saturated rings. The number of rotatable bonds is 5. The fourth-order valence-electron chi connectivity index (χ4n) is 1.26. The Balaban J connectivity index is 2.97. The summed E-state index contributed by atoms with van der Waals surface area (Å²) in [5.74, 6) is 5.38. The van der Waals surface area contributed by atoms with E-state index >= 15 is 0 Å². The second-order valence-electron chi connectivity index (χ2n) is 2.92. The van der Waals surface area contributed by atoms with E-state index in [9.17, 15) is 4.39 Å². The van der Waals surface area contributed by atoms with E-state index in [1.165, 1.54) is 20.3 Å². The third-order valence-corrected chi connectivity index (χ3v) is 2.04.